The predicted octanol–water partition coefficient (Wildman–Crippen LogP) is 2.64. The van der Waals surface area contributed by atoms with Gasteiger partial charge in [-0.25, -0.2) is 4.98 Å². The predicted molar refractivity (Wildman–Crippen MR) is 64.6 cm³/mol. The second-order valence-corrected chi connectivity index (χ2v) is 4.35. The smallest absolute Gasteiger partial charge is 0.213 e. The van der Waals surface area contributed by atoms with Crippen LogP contribution < -0.4 is 4.74 Å². The van der Waals surface area contributed by atoms with Gasteiger partial charge in [0.15, 0.2) is 0 Å². The first-order valence-corrected chi connectivity index (χ1v) is 6.10. The van der Waals surface area contributed by atoms with E-state index in [1.54, 1.807) is 0 Å². The van der Waals surface area contributed by atoms with E-state index in [1.165, 1.54) is 31.4 Å². The number of rotatable bonds is 3. The maximum Gasteiger partial charge on any atom is 0.213 e. The molecule has 0 aromatic carbocycles. The molecule has 0 aliphatic carbocycles. The Morgan fingerprint density at radius 2 is 2.31 bits per heavy atom. The summed E-state index contributed by atoms with van der Waals surface area (Å²) in [7, 11) is 2.19. The minimum atomic E-state index is 0.539. The first-order valence-electron chi connectivity index (χ1n) is 6.10. The van der Waals surface area contributed by atoms with Crippen LogP contribution in [0, 0.1) is 0 Å². The van der Waals surface area contributed by atoms with Crippen molar-refractivity contribution in [1.29, 1.82) is 0 Å². The van der Waals surface area contributed by atoms with Gasteiger partial charge in [-0.1, -0.05) is 12.5 Å². The van der Waals surface area contributed by atoms with Gasteiger partial charge >= 0.3 is 0 Å². The zero-order chi connectivity index (χ0) is 11.4. The molecule has 1 aliphatic rings. The number of nitrogens with zero attached hydrogens (tertiary/aromatic N) is 2. The molecule has 1 fully saturated rings. The van der Waals surface area contributed by atoms with E-state index in [1.807, 2.05) is 19.2 Å². The summed E-state index contributed by atoms with van der Waals surface area (Å²) >= 11 is 0. The molecule has 1 saturated heterocycles. The summed E-state index contributed by atoms with van der Waals surface area (Å²) < 4.78 is 5.35. The summed E-state index contributed by atoms with van der Waals surface area (Å²) in [5, 5.41) is 0. The minimum absolute atomic E-state index is 0.539. The highest BCUT2D eigenvalue weighted by Crippen LogP contribution is 2.29. The van der Waals surface area contributed by atoms with Crippen LogP contribution in [0.1, 0.15) is 37.8 Å². The van der Waals surface area contributed by atoms with E-state index in [0.29, 0.717) is 12.6 Å². The van der Waals surface area contributed by atoms with Crippen LogP contribution in [0.15, 0.2) is 18.3 Å². The van der Waals surface area contributed by atoms with Gasteiger partial charge in [-0.2, -0.15) is 0 Å². The van der Waals surface area contributed by atoms with Crippen molar-refractivity contribution >= 4 is 0 Å². The van der Waals surface area contributed by atoms with Crippen LogP contribution in [0.2, 0.25) is 0 Å². The average molecular weight is 220 g/mol. The third kappa shape index (κ3) is 2.53. The molecule has 1 aromatic heterocycles. The summed E-state index contributed by atoms with van der Waals surface area (Å²) in [5.74, 6) is 0.727. The standard InChI is InChI=1S/C13H20N2O/c1-3-16-13-8-7-11(10-14-13)12-6-4-5-9-15(12)2/h7-8,10,12H,3-6,9H2,1-2H3. The Hall–Kier alpha value is -1.09. The molecule has 3 nitrogen and oxygen atoms in total. The van der Waals surface area contributed by atoms with Crippen molar-refractivity contribution in [2.24, 2.45) is 0 Å². The SMILES string of the molecule is CCOc1ccc(C2CCCCN2C)cn1. The topological polar surface area (TPSA) is 25.4 Å². The number of hydrogen-bond acceptors (Lipinski definition) is 3. The van der Waals surface area contributed by atoms with E-state index >= 15 is 0 Å². The van der Waals surface area contributed by atoms with Crippen molar-refractivity contribution in [3.63, 3.8) is 0 Å². The van der Waals surface area contributed by atoms with Crippen LogP contribution in [-0.2, 0) is 0 Å². The van der Waals surface area contributed by atoms with Gasteiger partial charge in [-0.3, -0.25) is 4.90 Å². The molecule has 0 spiro atoms. The quantitative estimate of drug-likeness (QED) is 0.783. The Morgan fingerprint density at radius 3 is 2.94 bits per heavy atom. The molecular weight excluding hydrogens is 200 g/mol. The van der Waals surface area contributed by atoms with Crippen LogP contribution >= 0.6 is 0 Å². The fourth-order valence-electron chi connectivity index (χ4n) is 2.32. The van der Waals surface area contributed by atoms with Gasteiger partial charge in [0.2, 0.25) is 5.88 Å². The molecular formula is C13H20N2O. The van der Waals surface area contributed by atoms with Crippen molar-refractivity contribution in [3.05, 3.63) is 23.9 Å². The largest absolute Gasteiger partial charge is 0.478 e. The Balaban J connectivity index is 2.08. The lowest BCUT2D eigenvalue weighted by atomic mass is 9.97. The summed E-state index contributed by atoms with van der Waals surface area (Å²) in [5.41, 5.74) is 1.31. The first kappa shape index (κ1) is 11.4. The summed E-state index contributed by atoms with van der Waals surface area (Å²) in [6.45, 7) is 3.85. The molecule has 88 valence electrons. The molecule has 0 bridgehead atoms. The molecule has 0 amide bonds. The molecule has 0 saturated carbocycles. The van der Waals surface area contributed by atoms with Crippen molar-refractivity contribution in [2.45, 2.75) is 32.2 Å². The summed E-state index contributed by atoms with van der Waals surface area (Å²) in [6.07, 6.45) is 5.84. The Labute approximate surface area is 97.4 Å². The third-order valence-corrected chi connectivity index (χ3v) is 3.21. The Bertz CT molecular complexity index is 323. The first-order chi connectivity index (χ1) is 7.81. The lowest BCUT2D eigenvalue weighted by molar-refractivity contribution is 0.187. The van der Waals surface area contributed by atoms with E-state index in [-0.39, 0.29) is 0 Å². The zero-order valence-corrected chi connectivity index (χ0v) is 10.1. The van der Waals surface area contributed by atoms with Gasteiger partial charge in [-0.15, -0.1) is 0 Å². The van der Waals surface area contributed by atoms with Crippen LogP contribution in [0.3, 0.4) is 0 Å². The maximum atomic E-state index is 5.35. The van der Waals surface area contributed by atoms with Crippen LogP contribution in [0.25, 0.3) is 0 Å². The van der Waals surface area contributed by atoms with Crippen molar-refractivity contribution in [1.82, 2.24) is 9.88 Å². The molecule has 3 heteroatoms. The number of likely N-dealkylation sites (tertiary alicyclic amines) is 1. The molecule has 1 aromatic rings. The third-order valence-electron chi connectivity index (χ3n) is 3.21. The Kier molecular flexibility index (Phi) is 3.78. The van der Waals surface area contributed by atoms with Crippen LogP contribution in [-0.4, -0.2) is 30.1 Å². The van der Waals surface area contributed by atoms with Gasteiger partial charge in [0.05, 0.1) is 6.61 Å². The zero-order valence-electron chi connectivity index (χ0n) is 10.1. The molecule has 0 N–H and O–H groups in total. The fraction of sp³-hybridized carbons (Fsp3) is 0.615. The fourth-order valence-corrected chi connectivity index (χ4v) is 2.32. The molecule has 0 radical (unpaired) electrons. The highest BCUT2D eigenvalue weighted by molar-refractivity contribution is 5.21. The van der Waals surface area contributed by atoms with Gasteiger partial charge in [0.1, 0.15) is 0 Å². The lowest BCUT2D eigenvalue weighted by Gasteiger charge is -2.32. The minimum Gasteiger partial charge on any atom is -0.478 e. The average Bonchev–Trinajstić information content (AvgIpc) is 2.31. The number of ether oxygens (including phenoxy) is 1. The van der Waals surface area contributed by atoms with Gasteiger partial charge in [-0.05, 0) is 38.9 Å². The molecule has 1 atom stereocenters. The molecule has 16 heavy (non-hydrogen) atoms. The van der Waals surface area contributed by atoms with Crippen molar-refractivity contribution < 1.29 is 4.74 Å². The van der Waals surface area contributed by atoms with Gasteiger partial charge < -0.3 is 4.74 Å². The van der Waals surface area contributed by atoms with E-state index in [2.05, 4.69) is 23.0 Å². The molecule has 2 rings (SSSR count). The maximum absolute atomic E-state index is 5.35. The Morgan fingerprint density at radius 1 is 1.44 bits per heavy atom. The highest BCUT2D eigenvalue weighted by Gasteiger charge is 2.20. The van der Waals surface area contributed by atoms with Crippen LogP contribution in [0.4, 0.5) is 0 Å². The van der Waals surface area contributed by atoms with Crippen LogP contribution in [0.5, 0.6) is 5.88 Å². The molecule has 1 aliphatic heterocycles. The van der Waals surface area contributed by atoms with Crippen molar-refractivity contribution in [2.75, 3.05) is 20.2 Å². The van der Waals surface area contributed by atoms with Gasteiger partial charge in [0, 0.05) is 18.3 Å². The normalized spacial score (nSPS) is 22.0. The van der Waals surface area contributed by atoms with Gasteiger partial charge in [0.25, 0.3) is 0 Å². The molecule has 2 heterocycles. The summed E-state index contributed by atoms with van der Waals surface area (Å²) in [4.78, 5) is 6.75. The number of hydrogen-bond donors (Lipinski definition) is 0. The monoisotopic (exact) mass is 220 g/mol. The lowest BCUT2D eigenvalue weighted by Crippen LogP contribution is -2.29. The number of piperidine rings is 1. The number of pyridine rings is 1. The second kappa shape index (κ2) is 5.30. The highest BCUT2D eigenvalue weighted by atomic mass is 16.5. The van der Waals surface area contributed by atoms with E-state index in [4.69, 9.17) is 4.74 Å². The summed E-state index contributed by atoms with van der Waals surface area (Å²) in [6, 6.07) is 4.66. The number of aromatic nitrogens is 1. The van der Waals surface area contributed by atoms with Crippen molar-refractivity contribution in [3.8, 4) is 5.88 Å². The van der Waals surface area contributed by atoms with E-state index < -0.39 is 0 Å². The molecule has 1 unspecified atom stereocenters. The second-order valence-electron chi connectivity index (χ2n) is 4.35. The van der Waals surface area contributed by atoms with E-state index in [9.17, 15) is 0 Å². The van der Waals surface area contributed by atoms with E-state index in [0.717, 1.165) is 5.88 Å².